The number of aromatic nitrogens is 3. The number of hydrogen-bond acceptors (Lipinski definition) is 4. The first kappa shape index (κ1) is 13.1. The van der Waals surface area contributed by atoms with Gasteiger partial charge >= 0.3 is 0 Å². The van der Waals surface area contributed by atoms with Crippen molar-refractivity contribution in [1.82, 2.24) is 14.4 Å². The Kier molecular flexibility index (Phi) is 3.46. The molecule has 3 aromatic rings. The Morgan fingerprint density at radius 2 is 2.00 bits per heavy atom. The molecule has 0 unspecified atom stereocenters. The average molecular weight is 304 g/mol. The Morgan fingerprint density at radius 3 is 2.80 bits per heavy atom. The molecular formula is C14H10ClN3OS. The van der Waals surface area contributed by atoms with Crippen molar-refractivity contribution in [2.45, 2.75) is 4.90 Å². The van der Waals surface area contributed by atoms with E-state index in [0.29, 0.717) is 11.2 Å². The summed E-state index contributed by atoms with van der Waals surface area (Å²) in [5.41, 5.74) is 1.20. The fourth-order valence-corrected chi connectivity index (χ4v) is 2.77. The maximum Gasteiger partial charge on any atom is 0.231 e. The minimum Gasteiger partial charge on any atom is -0.285 e. The summed E-state index contributed by atoms with van der Waals surface area (Å²) in [5, 5.41) is 0.227. The molecule has 0 saturated heterocycles. The van der Waals surface area contributed by atoms with Gasteiger partial charge in [-0.05, 0) is 42.1 Å². The van der Waals surface area contributed by atoms with Gasteiger partial charge in [0.25, 0.3) is 0 Å². The molecule has 0 aliphatic heterocycles. The predicted molar refractivity (Wildman–Crippen MR) is 79.7 cm³/mol. The number of rotatable bonds is 3. The lowest BCUT2D eigenvalue weighted by atomic mass is 10.1. The zero-order chi connectivity index (χ0) is 14.1. The number of nitrogens with zero attached hydrogens (tertiary/aromatic N) is 3. The molecule has 3 rings (SSSR count). The number of ketones is 1. The van der Waals surface area contributed by atoms with E-state index in [4.69, 9.17) is 11.6 Å². The first-order chi connectivity index (χ1) is 9.70. The topological polar surface area (TPSA) is 47.3 Å². The smallest absolute Gasteiger partial charge is 0.231 e. The maximum atomic E-state index is 12.5. The van der Waals surface area contributed by atoms with E-state index in [1.165, 1.54) is 11.8 Å². The standard InChI is InChI=1S/C14H10ClN3OS/c1-20-10-6-3-2-5-9(10)12(19)13-16-11-7-4-8-18(11)14(15)17-13/h2-8H,1H3. The van der Waals surface area contributed by atoms with Crippen molar-refractivity contribution < 1.29 is 4.79 Å². The lowest BCUT2D eigenvalue weighted by Crippen LogP contribution is -2.10. The van der Waals surface area contributed by atoms with Crippen molar-refractivity contribution in [2.75, 3.05) is 6.26 Å². The van der Waals surface area contributed by atoms with Gasteiger partial charge in [0.15, 0.2) is 0 Å². The van der Waals surface area contributed by atoms with Crippen molar-refractivity contribution >= 4 is 34.8 Å². The monoisotopic (exact) mass is 303 g/mol. The van der Waals surface area contributed by atoms with Crippen LogP contribution in [0, 0.1) is 0 Å². The Morgan fingerprint density at radius 1 is 1.20 bits per heavy atom. The summed E-state index contributed by atoms with van der Waals surface area (Å²) in [7, 11) is 0. The molecule has 0 amide bonds. The molecule has 6 heteroatoms. The molecule has 0 atom stereocenters. The Labute approximate surface area is 124 Å². The molecule has 0 fully saturated rings. The minimum atomic E-state index is -0.222. The molecule has 20 heavy (non-hydrogen) atoms. The number of carbonyl (C=O) groups is 1. The van der Waals surface area contributed by atoms with Crippen molar-refractivity contribution in [3.8, 4) is 0 Å². The second-order valence-electron chi connectivity index (χ2n) is 4.08. The molecule has 2 aromatic heterocycles. The van der Waals surface area contributed by atoms with Crippen molar-refractivity contribution in [3.05, 3.63) is 59.3 Å². The molecule has 1 aromatic carbocycles. The van der Waals surface area contributed by atoms with E-state index < -0.39 is 0 Å². The van der Waals surface area contributed by atoms with Gasteiger partial charge in [-0.2, -0.15) is 4.98 Å². The van der Waals surface area contributed by atoms with Crippen molar-refractivity contribution in [3.63, 3.8) is 0 Å². The summed E-state index contributed by atoms with van der Waals surface area (Å²) < 4.78 is 1.62. The Balaban J connectivity index is 2.12. The summed E-state index contributed by atoms with van der Waals surface area (Å²) in [6.07, 6.45) is 3.68. The zero-order valence-corrected chi connectivity index (χ0v) is 12.1. The molecule has 4 nitrogen and oxygen atoms in total. The average Bonchev–Trinajstić information content (AvgIpc) is 2.95. The van der Waals surface area contributed by atoms with E-state index >= 15 is 0 Å². The molecule has 0 radical (unpaired) electrons. The molecule has 0 bridgehead atoms. The van der Waals surface area contributed by atoms with Crippen LogP contribution in [0.15, 0.2) is 47.5 Å². The van der Waals surface area contributed by atoms with Gasteiger partial charge in [-0.15, -0.1) is 11.8 Å². The summed E-state index contributed by atoms with van der Waals surface area (Å²) in [4.78, 5) is 21.8. The molecule has 0 saturated carbocycles. The second kappa shape index (κ2) is 5.26. The Bertz CT molecular complexity index is 800. The van der Waals surface area contributed by atoms with Crippen LogP contribution in [0.2, 0.25) is 5.28 Å². The Hall–Kier alpha value is -1.85. The number of carbonyl (C=O) groups excluding carboxylic acids is 1. The highest BCUT2D eigenvalue weighted by Crippen LogP contribution is 2.22. The van der Waals surface area contributed by atoms with E-state index in [1.54, 1.807) is 28.8 Å². The number of fused-ring (bicyclic) bond motifs is 1. The van der Waals surface area contributed by atoms with E-state index in [9.17, 15) is 4.79 Å². The van der Waals surface area contributed by atoms with Crippen LogP contribution in [-0.4, -0.2) is 26.4 Å². The fraction of sp³-hybridized carbons (Fsp3) is 0.0714. The van der Waals surface area contributed by atoms with Gasteiger partial charge in [0, 0.05) is 16.7 Å². The third-order valence-corrected chi connectivity index (χ3v) is 3.96. The fourth-order valence-electron chi connectivity index (χ4n) is 1.95. The number of hydrogen-bond donors (Lipinski definition) is 0. The largest absolute Gasteiger partial charge is 0.285 e. The molecule has 100 valence electrons. The van der Waals surface area contributed by atoms with Crippen LogP contribution in [0.5, 0.6) is 0 Å². The van der Waals surface area contributed by atoms with Crippen LogP contribution >= 0.6 is 23.4 Å². The highest BCUT2D eigenvalue weighted by molar-refractivity contribution is 7.98. The van der Waals surface area contributed by atoms with E-state index in [0.717, 1.165) is 4.90 Å². The molecule has 2 heterocycles. The lowest BCUT2D eigenvalue weighted by Gasteiger charge is -2.06. The van der Waals surface area contributed by atoms with Crippen LogP contribution < -0.4 is 0 Å². The van der Waals surface area contributed by atoms with Crippen LogP contribution in [-0.2, 0) is 0 Å². The first-order valence-electron chi connectivity index (χ1n) is 5.89. The van der Waals surface area contributed by atoms with Gasteiger partial charge in [0.1, 0.15) is 5.65 Å². The van der Waals surface area contributed by atoms with Gasteiger partial charge in [0.05, 0.1) is 0 Å². The zero-order valence-electron chi connectivity index (χ0n) is 10.6. The van der Waals surface area contributed by atoms with E-state index in [2.05, 4.69) is 9.97 Å². The molecule has 0 aliphatic carbocycles. The summed E-state index contributed by atoms with van der Waals surface area (Å²) in [6.45, 7) is 0. The van der Waals surface area contributed by atoms with Gasteiger partial charge in [0.2, 0.25) is 16.9 Å². The third kappa shape index (κ3) is 2.19. The molecule has 0 spiro atoms. The maximum absolute atomic E-state index is 12.5. The van der Waals surface area contributed by atoms with Gasteiger partial charge in [-0.3, -0.25) is 9.20 Å². The second-order valence-corrected chi connectivity index (χ2v) is 5.27. The van der Waals surface area contributed by atoms with E-state index in [-0.39, 0.29) is 16.9 Å². The minimum absolute atomic E-state index is 0.114. The van der Waals surface area contributed by atoms with Crippen LogP contribution in [0.3, 0.4) is 0 Å². The van der Waals surface area contributed by atoms with Gasteiger partial charge < -0.3 is 0 Å². The van der Waals surface area contributed by atoms with Gasteiger partial charge in [-0.25, -0.2) is 4.98 Å². The molecule has 0 N–H and O–H groups in total. The lowest BCUT2D eigenvalue weighted by molar-refractivity contribution is 0.102. The van der Waals surface area contributed by atoms with Crippen molar-refractivity contribution in [1.29, 1.82) is 0 Å². The van der Waals surface area contributed by atoms with Crippen LogP contribution in [0.25, 0.3) is 5.65 Å². The number of benzene rings is 1. The highest BCUT2D eigenvalue weighted by Gasteiger charge is 2.17. The molecule has 0 aliphatic rings. The summed E-state index contributed by atoms with van der Waals surface area (Å²) in [5.74, 6) is -0.108. The quantitative estimate of drug-likeness (QED) is 0.550. The predicted octanol–water partition coefficient (Wildman–Crippen LogP) is 3.34. The van der Waals surface area contributed by atoms with E-state index in [1.807, 2.05) is 24.5 Å². The van der Waals surface area contributed by atoms with Crippen LogP contribution in [0.4, 0.5) is 0 Å². The van der Waals surface area contributed by atoms with Crippen molar-refractivity contribution in [2.24, 2.45) is 0 Å². The molecular weight excluding hydrogens is 294 g/mol. The highest BCUT2D eigenvalue weighted by atomic mass is 35.5. The van der Waals surface area contributed by atoms with Gasteiger partial charge in [-0.1, -0.05) is 12.1 Å². The normalized spacial score (nSPS) is 10.9. The summed E-state index contributed by atoms with van der Waals surface area (Å²) in [6, 6.07) is 11.0. The first-order valence-corrected chi connectivity index (χ1v) is 7.49. The number of halogens is 1. The number of thioether (sulfide) groups is 1. The van der Waals surface area contributed by atoms with Crippen LogP contribution in [0.1, 0.15) is 16.2 Å². The SMILES string of the molecule is CSc1ccccc1C(=O)c1nc(Cl)n2cccc2n1. The third-order valence-electron chi connectivity index (χ3n) is 2.90. The summed E-state index contributed by atoms with van der Waals surface area (Å²) >= 11 is 7.58.